The van der Waals surface area contributed by atoms with Gasteiger partial charge in [0.1, 0.15) is 0 Å². The van der Waals surface area contributed by atoms with Crippen LogP contribution in [0.4, 0.5) is 4.79 Å². The van der Waals surface area contributed by atoms with Crippen LogP contribution in [0.3, 0.4) is 0 Å². The monoisotopic (exact) mass is 431 g/mol. The molecule has 168 valence electrons. The fraction of sp³-hybridized carbons (Fsp3) is 0.385. The molecular formula is C26H33N5O. The van der Waals surface area contributed by atoms with Gasteiger partial charge in [-0.05, 0) is 57.5 Å². The van der Waals surface area contributed by atoms with E-state index in [1.807, 2.05) is 67.2 Å². The molecule has 0 spiro atoms. The Morgan fingerprint density at radius 3 is 2.31 bits per heavy atom. The molecule has 0 saturated carbocycles. The summed E-state index contributed by atoms with van der Waals surface area (Å²) >= 11 is 0. The molecule has 1 atom stereocenters. The van der Waals surface area contributed by atoms with E-state index in [9.17, 15) is 4.79 Å². The van der Waals surface area contributed by atoms with Crippen LogP contribution in [-0.2, 0) is 6.54 Å². The summed E-state index contributed by atoms with van der Waals surface area (Å²) in [4.78, 5) is 17.4. The van der Waals surface area contributed by atoms with Crippen molar-refractivity contribution in [1.82, 2.24) is 24.9 Å². The first kappa shape index (κ1) is 22.1. The van der Waals surface area contributed by atoms with Crippen molar-refractivity contribution in [2.45, 2.75) is 39.3 Å². The molecule has 0 bridgehead atoms. The second kappa shape index (κ2) is 10.0. The van der Waals surface area contributed by atoms with Gasteiger partial charge in [-0.15, -0.1) is 0 Å². The summed E-state index contributed by atoms with van der Waals surface area (Å²) in [5.74, 6) is 0. The zero-order valence-corrected chi connectivity index (χ0v) is 19.3. The maximum atomic E-state index is 13.2. The predicted octanol–water partition coefficient (Wildman–Crippen LogP) is 4.47. The number of nitrogens with zero attached hydrogens (tertiary/aromatic N) is 4. The summed E-state index contributed by atoms with van der Waals surface area (Å²) in [6, 6.07) is 20.3. The number of hydrogen-bond donors (Lipinski definition) is 1. The molecule has 2 heterocycles. The first-order chi connectivity index (χ1) is 15.5. The summed E-state index contributed by atoms with van der Waals surface area (Å²) in [5, 5.41) is 8.00. The lowest BCUT2D eigenvalue weighted by Crippen LogP contribution is -2.43. The Bertz CT molecular complexity index is 1030. The van der Waals surface area contributed by atoms with Crippen LogP contribution < -0.4 is 5.32 Å². The predicted molar refractivity (Wildman–Crippen MR) is 128 cm³/mol. The van der Waals surface area contributed by atoms with Crippen LogP contribution in [0.5, 0.6) is 0 Å². The van der Waals surface area contributed by atoms with Crippen LogP contribution in [0.15, 0.2) is 60.7 Å². The molecule has 4 rings (SSSR count). The zero-order chi connectivity index (χ0) is 22.5. The maximum Gasteiger partial charge on any atom is 0.317 e. The minimum absolute atomic E-state index is 0.0292. The van der Waals surface area contributed by atoms with Gasteiger partial charge in [-0.1, -0.05) is 48.5 Å². The number of amides is 2. The van der Waals surface area contributed by atoms with E-state index < -0.39 is 0 Å². The standard InChI is InChI=1S/C26H33N5O/c1-20-24(21(2)31(28-20)23-14-8-5-9-15-23)18-29(3)26(32)27-25(19-30-16-10-11-17-30)22-12-6-4-7-13-22/h4-9,12-15,25H,10-11,16-19H2,1-3H3,(H,27,32). The Labute approximate surface area is 190 Å². The molecular weight excluding hydrogens is 398 g/mol. The van der Waals surface area contributed by atoms with E-state index in [0.717, 1.165) is 47.8 Å². The third-order valence-corrected chi connectivity index (χ3v) is 6.32. The van der Waals surface area contributed by atoms with E-state index in [1.54, 1.807) is 4.90 Å². The molecule has 1 unspecified atom stereocenters. The Morgan fingerprint density at radius 2 is 1.66 bits per heavy atom. The van der Waals surface area contributed by atoms with E-state index >= 15 is 0 Å². The number of hydrogen-bond acceptors (Lipinski definition) is 3. The molecule has 1 saturated heterocycles. The molecule has 6 heteroatoms. The van der Waals surface area contributed by atoms with Gasteiger partial charge in [0.25, 0.3) is 0 Å². The van der Waals surface area contributed by atoms with Gasteiger partial charge in [-0.25, -0.2) is 9.48 Å². The highest BCUT2D eigenvalue weighted by molar-refractivity contribution is 5.74. The summed E-state index contributed by atoms with van der Waals surface area (Å²) < 4.78 is 1.95. The summed E-state index contributed by atoms with van der Waals surface area (Å²) in [6.45, 7) is 7.63. The average Bonchev–Trinajstić information content (AvgIpc) is 3.43. The molecule has 1 aliphatic rings. The van der Waals surface area contributed by atoms with Crippen LogP contribution in [0.1, 0.15) is 41.4 Å². The normalized spacial score (nSPS) is 15.0. The van der Waals surface area contributed by atoms with Gasteiger partial charge in [-0.2, -0.15) is 5.10 Å². The number of urea groups is 1. The number of carbonyl (C=O) groups is 1. The van der Waals surface area contributed by atoms with Crippen molar-refractivity contribution >= 4 is 6.03 Å². The summed E-state index contributed by atoms with van der Waals surface area (Å²) in [5.41, 5.74) is 5.27. The van der Waals surface area contributed by atoms with E-state index in [4.69, 9.17) is 5.10 Å². The Hall–Kier alpha value is -3.12. The number of para-hydroxylation sites is 1. The minimum Gasteiger partial charge on any atom is -0.330 e. The fourth-order valence-corrected chi connectivity index (χ4v) is 4.44. The van der Waals surface area contributed by atoms with Crippen LogP contribution in [0.2, 0.25) is 0 Å². The SMILES string of the molecule is Cc1nn(-c2ccccc2)c(C)c1CN(C)C(=O)NC(CN1CCCC1)c1ccccc1. The van der Waals surface area contributed by atoms with Gasteiger partial charge >= 0.3 is 6.03 Å². The highest BCUT2D eigenvalue weighted by Crippen LogP contribution is 2.21. The molecule has 1 N–H and O–H groups in total. The smallest absolute Gasteiger partial charge is 0.317 e. The fourth-order valence-electron chi connectivity index (χ4n) is 4.44. The van der Waals surface area contributed by atoms with Crippen molar-refractivity contribution < 1.29 is 4.79 Å². The first-order valence-corrected chi connectivity index (χ1v) is 11.4. The molecule has 32 heavy (non-hydrogen) atoms. The van der Waals surface area contributed by atoms with Crippen LogP contribution in [0, 0.1) is 13.8 Å². The molecule has 2 aromatic carbocycles. The van der Waals surface area contributed by atoms with Crippen LogP contribution in [0.25, 0.3) is 5.69 Å². The summed E-state index contributed by atoms with van der Waals surface area (Å²) in [6.07, 6.45) is 2.47. The van der Waals surface area contributed by atoms with Crippen molar-refractivity contribution in [3.63, 3.8) is 0 Å². The average molecular weight is 432 g/mol. The van der Waals surface area contributed by atoms with Gasteiger partial charge in [-0.3, -0.25) is 0 Å². The van der Waals surface area contributed by atoms with Crippen LogP contribution in [-0.4, -0.2) is 52.3 Å². The molecule has 1 aromatic heterocycles. The molecule has 3 aromatic rings. The molecule has 6 nitrogen and oxygen atoms in total. The highest BCUT2D eigenvalue weighted by Gasteiger charge is 2.23. The summed E-state index contributed by atoms with van der Waals surface area (Å²) in [7, 11) is 1.85. The lowest BCUT2D eigenvalue weighted by atomic mass is 10.1. The Balaban J connectivity index is 1.47. The molecule has 1 fully saturated rings. The largest absolute Gasteiger partial charge is 0.330 e. The number of rotatable bonds is 7. The zero-order valence-electron chi connectivity index (χ0n) is 19.3. The van der Waals surface area contributed by atoms with Crippen molar-refractivity contribution in [1.29, 1.82) is 0 Å². The number of aryl methyl sites for hydroxylation is 1. The van der Waals surface area contributed by atoms with E-state index in [0.29, 0.717) is 6.54 Å². The number of carbonyl (C=O) groups excluding carboxylic acids is 1. The maximum absolute atomic E-state index is 13.2. The number of aromatic nitrogens is 2. The lowest BCUT2D eigenvalue weighted by molar-refractivity contribution is 0.197. The topological polar surface area (TPSA) is 53.4 Å². The molecule has 1 aliphatic heterocycles. The minimum atomic E-state index is -0.0655. The van der Waals surface area contributed by atoms with Gasteiger partial charge in [0.2, 0.25) is 0 Å². The van der Waals surface area contributed by atoms with Gasteiger partial charge < -0.3 is 15.1 Å². The van der Waals surface area contributed by atoms with E-state index in [2.05, 4.69) is 29.3 Å². The lowest BCUT2D eigenvalue weighted by Gasteiger charge is -2.27. The number of benzene rings is 2. The van der Waals surface area contributed by atoms with Crippen molar-refractivity contribution in [2.75, 3.05) is 26.7 Å². The van der Waals surface area contributed by atoms with Crippen molar-refractivity contribution in [3.8, 4) is 5.69 Å². The Kier molecular flexibility index (Phi) is 6.90. The van der Waals surface area contributed by atoms with Crippen molar-refractivity contribution in [2.24, 2.45) is 0 Å². The highest BCUT2D eigenvalue weighted by atomic mass is 16.2. The third kappa shape index (κ3) is 5.02. The molecule has 0 aliphatic carbocycles. The quantitative estimate of drug-likeness (QED) is 0.601. The van der Waals surface area contributed by atoms with Gasteiger partial charge in [0.15, 0.2) is 0 Å². The molecule has 0 radical (unpaired) electrons. The van der Waals surface area contributed by atoms with Gasteiger partial charge in [0, 0.05) is 24.8 Å². The first-order valence-electron chi connectivity index (χ1n) is 11.4. The third-order valence-electron chi connectivity index (χ3n) is 6.32. The van der Waals surface area contributed by atoms with E-state index in [-0.39, 0.29) is 12.1 Å². The second-order valence-electron chi connectivity index (χ2n) is 8.67. The number of likely N-dealkylation sites (tertiary alicyclic amines) is 1. The van der Waals surface area contributed by atoms with Crippen molar-refractivity contribution in [3.05, 3.63) is 83.2 Å². The van der Waals surface area contributed by atoms with Gasteiger partial charge in [0.05, 0.1) is 24.0 Å². The van der Waals surface area contributed by atoms with Crippen LogP contribution >= 0.6 is 0 Å². The molecule has 2 amide bonds. The Morgan fingerprint density at radius 1 is 1.03 bits per heavy atom. The second-order valence-corrected chi connectivity index (χ2v) is 8.67. The number of nitrogens with one attached hydrogen (secondary N) is 1. The van der Waals surface area contributed by atoms with E-state index in [1.165, 1.54) is 12.8 Å².